The summed E-state index contributed by atoms with van der Waals surface area (Å²) in [5, 5.41) is 14.0. The van der Waals surface area contributed by atoms with Crippen LogP contribution >= 0.6 is 12.2 Å². The van der Waals surface area contributed by atoms with Gasteiger partial charge in [-0.1, -0.05) is 19.1 Å². The molecule has 104 valence electrons. The number of piperazine rings is 1. The van der Waals surface area contributed by atoms with E-state index in [1.165, 1.54) is 0 Å². The minimum atomic E-state index is 0.350. The second-order valence-electron chi connectivity index (χ2n) is 4.69. The molecule has 1 aliphatic rings. The molecule has 1 saturated heterocycles. The standard InChI is InChI=1S/C14H21N3OS/c1-2-7-15-14(19)17-10-8-16(9-11-17)12-5-3-4-6-13(12)18/h3-6,18H,2,7-11H2,1H3,(H,15,19). The third-order valence-corrected chi connectivity index (χ3v) is 3.72. The number of rotatable bonds is 3. The first-order valence-corrected chi connectivity index (χ1v) is 7.19. The molecule has 2 N–H and O–H groups in total. The van der Waals surface area contributed by atoms with Crippen LogP contribution in [0.25, 0.3) is 0 Å². The van der Waals surface area contributed by atoms with Crippen molar-refractivity contribution in [1.29, 1.82) is 0 Å². The number of anilines is 1. The van der Waals surface area contributed by atoms with Crippen molar-refractivity contribution < 1.29 is 5.11 Å². The van der Waals surface area contributed by atoms with E-state index in [2.05, 4.69) is 22.0 Å². The van der Waals surface area contributed by atoms with E-state index in [4.69, 9.17) is 12.2 Å². The zero-order valence-corrected chi connectivity index (χ0v) is 12.1. The second kappa shape index (κ2) is 6.61. The molecule has 1 aromatic carbocycles. The minimum absolute atomic E-state index is 0.350. The molecule has 5 heteroatoms. The van der Waals surface area contributed by atoms with Crippen LogP contribution in [0.1, 0.15) is 13.3 Å². The van der Waals surface area contributed by atoms with Gasteiger partial charge in [-0.05, 0) is 30.8 Å². The van der Waals surface area contributed by atoms with Crippen LogP contribution in [0, 0.1) is 0 Å². The summed E-state index contributed by atoms with van der Waals surface area (Å²) < 4.78 is 0. The number of para-hydroxylation sites is 2. The molecule has 0 bridgehead atoms. The topological polar surface area (TPSA) is 38.7 Å². The Morgan fingerprint density at radius 2 is 1.95 bits per heavy atom. The number of phenols is 1. The zero-order valence-electron chi connectivity index (χ0n) is 11.3. The van der Waals surface area contributed by atoms with Crippen molar-refractivity contribution in [2.75, 3.05) is 37.6 Å². The van der Waals surface area contributed by atoms with Gasteiger partial charge in [0, 0.05) is 32.7 Å². The SMILES string of the molecule is CCCNC(=S)N1CCN(c2ccccc2O)CC1. The van der Waals surface area contributed by atoms with Gasteiger partial charge in [0.2, 0.25) is 0 Å². The number of benzene rings is 1. The Kier molecular flexibility index (Phi) is 4.85. The Hall–Kier alpha value is -1.49. The third kappa shape index (κ3) is 3.50. The number of nitrogens with zero attached hydrogens (tertiary/aromatic N) is 2. The summed E-state index contributed by atoms with van der Waals surface area (Å²) >= 11 is 5.37. The van der Waals surface area contributed by atoms with E-state index in [-0.39, 0.29) is 0 Å². The Labute approximate surface area is 120 Å². The molecular weight excluding hydrogens is 258 g/mol. The quantitative estimate of drug-likeness (QED) is 0.826. The van der Waals surface area contributed by atoms with Crippen LogP contribution in [-0.4, -0.2) is 47.8 Å². The lowest BCUT2D eigenvalue weighted by Crippen LogP contribution is -2.51. The molecule has 0 atom stereocenters. The van der Waals surface area contributed by atoms with Crippen molar-refractivity contribution in [3.05, 3.63) is 24.3 Å². The first-order chi connectivity index (χ1) is 9.22. The van der Waals surface area contributed by atoms with Crippen LogP contribution in [0.4, 0.5) is 5.69 Å². The fourth-order valence-electron chi connectivity index (χ4n) is 2.23. The van der Waals surface area contributed by atoms with Crippen molar-refractivity contribution in [2.45, 2.75) is 13.3 Å². The lowest BCUT2D eigenvalue weighted by molar-refractivity contribution is 0.377. The van der Waals surface area contributed by atoms with Crippen LogP contribution < -0.4 is 10.2 Å². The van der Waals surface area contributed by atoms with Crippen LogP contribution in [0.2, 0.25) is 0 Å². The van der Waals surface area contributed by atoms with Crippen molar-refractivity contribution in [2.24, 2.45) is 0 Å². The van der Waals surface area contributed by atoms with E-state index in [0.29, 0.717) is 5.75 Å². The first-order valence-electron chi connectivity index (χ1n) is 6.78. The monoisotopic (exact) mass is 279 g/mol. The fourth-order valence-corrected chi connectivity index (χ4v) is 2.51. The van der Waals surface area contributed by atoms with E-state index in [9.17, 15) is 5.11 Å². The predicted molar refractivity (Wildman–Crippen MR) is 82.8 cm³/mol. The Morgan fingerprint density at radius 3 is 2.58 bits per heavy atom. The molecule has 2 rings (SSSR count). The van der Waals surface area contributed by atoms with Gasteiger partial charge in [-0.2, -0.15) is 0 Å². The first kappa shape index (κ1) is 13.9. The van der Waals surface area contributed by atoms with Crippen LogP contribution in [0.15, 0.2) is 24.3 Å². The summed E-state index contributed by atoms with van der Waals surface area (Å²) in [6.07, 6.45) is 1.08. The summed E-state index contributed by atoms with van der Waals surface area (Å²) in [5.74, 6) is 0.350. The molecule has 0 aromatic heterocycles. The molecular formula is C14H21N3OS. The zero-order chi connectivity index (χ0) is 13.7. The summed E-state index contributed by atoms with van der Waals surface area (Å²) in [5.41, 5.74) is 0.912. The summed E-state index contributed by atoms with van der Waals surface area (Å²) in [7, 11) is 0. The maximum atomic E-state index is 9.86. The molecule has 0 unspecified atom stereocenters. The van der Waals surface area contributed by atoms with Gasteiger partial charge >= 0.3 is 0 Å². The van der Waals surface area contributed by atoms with Gasteiger partial charge in [-0.15, -0.1) is 0 Å². The molecule has 0 aliphatic carbocycles. The van der Waals surface area contributed by atoms with Gasteiger partial charge < -0.3 is 20.2 Å². The molecule has 19 heavy (non-hydrogen) atoms. The van der Waals surface area contributed by atoms with Crippen LogP contribution in [-0.2, 0) is 0 Å². The third-order valence-electron chi connectivity index (χ3n) is 3.32. The number of hydrogen-bond acceptors (Lipinski definition) is 3. The van der Waals surface area contributed by atoms with Crippen LogP contribution in [0.3, 0.4) is 0 Å². The van der Waals surface area contributed by atoms with Crippen molar-refractivity contribution >= 4 is 23.0 Å². The maximum absolute atomic E-state index is 9.86. The maximum Gasteiger partial charge on any atom is 0.169 e. The average Bonchev–Trinajstić information content (AvgIpc) is 2.45. The summed E-state index contributed by atoms with van der Waals surface area (Å²) in [4.78, 5) is 4.40. The van der Waals surface area contributed by atoms with E-state index in [1.807, 2.05) is 18.2 Å². The van der Waals surface area contributed by atoms with Crippen molar-refractivity contribution in [1.82, 2.24) is 10.2 Å². The molecule has 0 amide bonds. The van der Waals surface area contributed by atoms with E-state index < -0.39 is 0 Å². The Bertz CT molecular complexity index is 430. The molecule has 0 spiro atoms. The van der Waals surface area contributed by atoms with E-state index in [1.54, 1.807) is 6.07 Å². The van der Waals surface area contributed by atoms with Gasteiger partial charge in [0.1, 0.15) is 5.75 Å². The van der Waals surface area contributed by atoms with Crippen molar-refractivity contribution in [3.8, 4) is 5.75 Å². The number of aromatic hydroxyl groups is 1. The van der Waals surface area contributed by atoms with Crippen molar-refractivity contribution in [3.63, 3.8) is 0 Å². The predicted octanol–water partition coefficient (Wildman–Crippen LogP) is 1.80. The molecule has 4 nitrogen and oxygen atoms in total. The lowest BCUT2D eigenvalue weighted by Gasteiger charge is -2.37. The smallest absolute Gasteiger partial charge is 0.169 e. The molecule has 1 fully saturated rings. The van der Waals surface area contributed by atoms with Gasteiger partial charge in [0.25, 0.3) is 0 Å². The number of hydrogen-bond donors (Lipinski definition) is 2. The highest BCUT2D eigenvalue weighted by Crippen LogP contribution is 2.27. The molecule has 1 heterocycles. The lowest BCUT2D eigenvalue weighted by atomic mass is 10.2. The number of thiocarbonyl (C=S) groups is 1. The number of nitrogens with one attached hydrogen (secondary N) is 1. The Morgan fingerprint density at radius 1 is 1.26 bits per heavy atom. The fraction of sp³-hybridized carbons (Fsp3) is 0.500. The highest BCUT2D eigenvalue weighted by Gasteiger charge is 2.20. The largest absolute Gasteiger partial charge is 0.506 e. The van der Waals surface area contributed by atoms with E-state index in [0.717, 1.165) is 49.9 Å². The molecule has 0 radical (unpaired) electrons. The highest BCUT2D eigenvalue weighted by atomic mass is 32.1. The van der Waals surface area contributed by atoms with Gasteiger partial charge in [0.15, 0.2) is 5.11 Å². The normalized spacial score (nSPS) is 15.4. The molecule has 1 aromatic rings. The Balaban J connectivity index is 1.89. The van der Waals surface area contributed by atoms with Gasteiger partial charge in [-0.3, -0.25) is 0 Å². The highest BCUT2D eigenvalue weighted by molar-refractivity contribution is 7.80. The van der Waals surface area contributed by atoms with Gasteiger partial charge in [0.05, 0.1) is 5.69 Å². The number of phenolic OH excluding ortho intramolecular Hbond substituents is 1. The second-order valence-corrected chi connectivity index (χ2v) is 5.08. The van der Waals surface area contributed by atoms with E-state index >= 15 is 0 Å². The minimum Gasteiger partial charge on any atom is -0.506 e. The van der Waals surface area contributed by atoms with Crippen LogP contribution in [0.5, 0.6) is 5.75 Å². The summed E-state index contributed by atoms with van der Waals surface area (Å²) in [6.45, 7) is 6.61. The molecule has 1 aliphatic heterocycles. The summed E-state index contributed by atoms with van der Waals surface area (Å²) in [6, 6.07) is 7.49. The average molecular weight is 279 g/mol. The molecule has 0 saturated carbocycles. The van der Waals surface area contributed by atoms with Gasteiger partial charge in [-0.25, -0.2) is 0 Å².